The van der Waals surface area contributed by atoms with Crippen LogP contribution < -0.4 is 0 Å². The molecule has 8 heteroatoms. The quantitative estimate of drug-likeness (QED) is 0.852. The van der Waals surface area contributed by atoms with Gasteiger partial charge in [-0.1, -0.05) is 0 Å². The molecule has 1 fully saturated rings. The summed E-state index contributed by atoms with van der Waals surface area (Å²) < 4.78 is 29.8. The fourth-order valence-electron chi connectivity index (χ4n) is 2.74. The summed E-state index contributed by atoms with van der Waals surface area (Å²) in [5.41, 5.74) is 0.975. The monoisotopic (exact) mass is 323 g/mol. The SMILES string of the molecule is Cn1cc(C2CCCN2C(=O)c2ccc(S(C)(=O)=O)o2)cn1. The van der Waals surface area contributed by atoms with Crippen LogP contribution in [0, 0.1) is 0 Å². The van der Waals surface area contributed by atoms with Gasteiger partial charge in [0.25, 0.3) is 5.91 Å². The topological polar surface area (TPSA) is 85.4 Å². The fraction of sp³-hybridized carbons (Fsp3) is 0.429. The second-order valence-corrected chi connectivity index (χ2v) is 7.44. The van der Waals surface area contributed by atoms with Crippen LogP contribution in [-0.4, -0.2) is 41.8 Å². The van der Waals surface area contributed by atoms with Gasteiger partial charge in [0.05, 0.1) is 12.2 Å². The molecule has 118 valence electrons. The molecule has 1 atom stereocenters. The molecule has 22 heavy (non-hydrogen) atoms. The molecule has 7 nitrogen and oxygen atoms in total. The Morgan fingerprint density at radius 3 is 2.77 bits per heavy atom. The normalized spacial score (nSPS) is 18.8. The van der Waals surface area contributed by atoms with Crippen LogP contribution in [0.15, 0.2) is 34.0 Å². The minimum atomic E-state index is -3.45. The van der Waals surface area contributed by atoms with Gasteiger partial charge in [-0.15, -0.1) is 0 Å². The fourth-order valence-corrected chi connectivity index (χ4v) is 3.30. The van der Waals surface area contributed by atoms with E-state index in [1.54, 1.807) is 15.8 Å². The summed E-state index contributed by atoms with van der Waals surface area (Å²) in [6.07, 6.45) is 6.44. The maximum absolute atomic E-state index is 12.6. The van der Waals surface area contributed by atoms with E-state index in [0.29, 0.717) is 6.54 Å². The Bertz CT molecular complexity index is 806. The van der Waals surface area contributed by atoms with Gasteiger partial charge in [-0.25, -0.2) is 8.42 Å². The molecule has 0 N–H and O–H groups in total. The van der Waals surface area contributed by atoms with Crippen molar-refractivity contribution in [2.45, 2.75) is 24.0 Å². The van der Waals surface area contributed by atoms with E-state index in [1.807, 2.05) is 13.2 Å². The zero-order chi connectivity index (χ0) is 15.9. The Morgan fingerprint density at radius 2 is 2.18 bits per heavy atom. The molecule has 1 aliphatic heterocycles. The van der Waals surface area contributed by atoms with Gasteiger partial charge < -0.3 is 9.32 Å². The zero-order valence-electron chi connectivity index (χ0n) is 12.4. The van der Waals surface area contributed by atoms with Crippen molar-refractivity contribution < 1.29 is 17.6 Å². The third-order valence-corrected chi connectivity index (χ3v) is 4.73. The third-order valence-electron chi connectivity index (χ3n) is 3.78. The molecule has 1 saturated heterocycles. The summed E-state index contributed by atoms with van der Waals surface area (Å²) in [5, 5.41) is 3.95. The molecule has 0 aliphatic carbocycles. The lowest BCUT2D eigenvalue weighted by molar-refractivity contribution is 0.0697. The second-order valence-electron chi connectivity index (χ2n) is 5.49. The summed E-state index contributed by atoms with van der Waals surface area (Å²) in [6, 6.07) is 2.68. The number of carbonyl (C=O) groups excluding carboxylic acids is 1. The van der Waals surface area contributed by atoms with E-state index in [0.717, 1.165) is 24.7 Å². The van der Waals surface area contributed by atoms with Crippen molar-refractivity contribution in [1.29, 1.82) is 0 Å². The van der Waals surface area contributed by atoms with Crippen molar-refractivity contribution in [3.8, 4) is 0 Å². The first-order chi connectivity index (χ1) is 10.4. The van der Waals surface area contributed by atoms with Gasteiger partial charge in [0.1, 0.15) is 0 Å². The number of likely N-dealkylation sites (tertiary alicyclic amines) is 1. The average molecular weight is 323 g/mol. The molecular formula is C14H17N3O4S. The number of sulfone groups is 1. The molecular weight excluding hydrogens is 306 g/mol. The predicted octanol–water partition coefficient (Wildman–Crippen LogP) is 1.39. The molecule has 0 bridgehead atoms. The van der Waals surface area contributed by atoms with E-state index in [2.05, 4.69) is 5.10 Å². The highest BCUT2D eigenvalue weighted by Gasteiger charge is 2.33. The molecule has 2 aromatic heterocycles. The number of amides is 1. The molecule has 1 amide bonds. The van der Waals surface area contributed by atoms with Crippen molar-refractivity contribution in [2.75, 3.05) is 12.8 Å². The van der Waals surface area contributed by atoms with Crippen LogP contribution in [0.4, 0.5) is 0 Å². The van der Waals surface area contributed by atoms with Gasteiger partial charge in [-0.2, -0.15) is 5.10 Å². The molecule has 3 rings (SSSR count). The molecule has 1 aliphatic rings. The second kappa shape index (κ2) is 5.28. The molecule has 0 aromatic carbocycles. The molecule has 2 aromatic rings. The molecule has 0 radical (unpaired) electrons. The van der Waals surface area contributed by atoms with Crippen LogP contribution in [0.25, 0.3) is 0 Å². The van der Waals surface area contributed by atoms with Gasteiger partial charge in [-0.05, 0) is 25.0 Å². The maximum Gasteiger partial charge on any atom is 0.290 e. The molecule has 0 saturated carbocycles. The van der Waals surface area contributed by atoms with E-state index in [-0.39, 0.29) is 22.8 Å². The van der Waals surface area contributed by atoms with Crippen LogP contribution in [0.1, 0.15) is 35.0 Å². The summed E-state index contributed by atoms with van der Waals surface area (Å²) in [6.45, 7) is 0.618. The van der Waals surface area contributed by atoms with Crippen LogP contribution >= 0.6 is 0 Å². The van der Waals surface area contributed by atoms with Crippen molar-refractivity contribution in [2.24, 2.45) is 7.05 Å². The van der Waals surface area contributed by atoms with E-state index >= 15 is 0 Å². The predicted molar refractivity (Wildman–Crippen MR) is 78.0 cm³/mol. The van der Waals surface area contributed by atoms with Gasteiger partial charge in [0.2, 0.25) is 14.9 Å². The van der Waals surface area contributed by atoms with Crippen LogP contribution in [0.3, 0.4) is 0 Å². The smallest absolute Gasteiger partial charge is 0.290 e. The highest BCUT2D eigenvalue weighted by molar-refractivity contribution is 7.90. The Balaban J connectivity index is 1.86. The van der Waals surface area contributed by atoms with E-state index in [1.165, 1.54) is 12.1 Å². The van der Waals surface area contributed by atoms with Crippen LogP contribution in [0.2, 0.25) is 0 Å². The third kappa shape index (κ3) is 2.66. The highest BCUT2D eigenvalue weighted by atomic mass is 32.2. The Hall–Kier alpha value is -2.09. The van der Waals surface area contributed by atoms with Crippen LogP contribution in [0.5, 0.6) is 0 Å². The zero-order valence-corrected chi connectivity index (χ0v) is 13.2. The summed E-state index contributed by atoms with van der Waals surface area (Å²) in [7, 11) is -1.62. The highest BCUT2D eigenvalue weighted by Crippen LogP contribution is 2.33. The first-order valence-electron chi connectivity index (χ1n) is 6.95. The summed E-state index contributed by atoms with van der Waals surface area (Å²) >= 11 is 0. The lowest BCUT2D eigenvalue weighted by Crippen LogP contribution is -2.30. The Labute approximate surface area is 128 Å². The van der Waals surface area contributed by atoms with Crippen molar-refractivity contribution in [1.82, 2.24) is 14.7 Å². The lowest BCUT2D eigenvalue weighted by Gasteiger charge is -2.22. The van der Waals surface area contributed by atoms with Gasteiger partial charge >= 0.3 is 0 Å². The van der Waals surface area contributed by atoms with E-state index in [9.17, 15) is 13.2 Å². The van der Waals surface area contributed by atoms with Crippen molar-refractivity contribution in [3.63, 3.8) is 0 Å². The van der Waals surface area contributed by atoms with Crippen LogP contribution in [-0.2, 0) is 16.9 Å². The standard InChI is InChI=1S/C14H17N3O4S/c1-16-9-10(8-15-16)11-4-3-7-17(11)14(18)12-5-6-13(21-12)22(2,19)20/h5-6,8-9,11H,3-4,7H2,1-2H3. The van der Waals surface area contributed by atoms with Crippen molar-refractivity contribution >= 4 is 15.7 Å². The maximum atomic E-state index is 12.6. The molecule has 0 spiro atoms. The first kappa shape index (κ1) is 14.8. The number of nitrogens with zero attached hydrogens (tertiary/aromatic N) is 3. The van der Waals surface area contributed by atoms with E-state index < -0.39 is 9.84 Å². The summed E-state index contributed by atoms with van der Waals surface area (Å²) in [5.74, 6) is -0.238. The number of carbonyl (C=O) groups is 1. The first-order valence-corrected chi connectivity index (χ1v) is 8.85. The number of rotatable bonds is 3. The van der Waals surface area contributed by atoms with Gasteiger partial charge in [-0.3, -0.25) is 9.48 Å². The van der Waals surface area contributed by atoms with Crippen molar-refractivity contribution in [3.05, 3.63) is 35.9 Å². The van der Waals surface area contributed by atoms with Gasteiger partial charge in [0.15, 0.2) is 5.76 Å². The Kier molecular flexibility index (Phi) is 3.56. The minimum absolute atomic E-state index is 0.0482. The number of hydrogen-bond acceptors (Lipinski definition) is 5. The average Bonchev–Trinajstić information content (AvgIpc) is 3.16. The minimum Gasteiger partial charge on any atom is -0.440 e. The number of aromatic nitrogens is 2. The van der Waals surface area contributed by atoms with Gasteiger partial charge in [0, 0.05) is 31.6 Å². The molecule has 3 heterocycles. The number of aryl methyl sites for hydroxylation is 1. The van der Waals surface area contributed by atoms with E-state index in [4.69, 9.17) is 4.42 Å². The number of hydrogen-bond donors (Lipinski definition) is 0. The Morgan fingerprint density at radius 1 is 1.41 bits per heavy atom. The number of furan rings is 1. The lowest BCUT2D eigenvalue weighted by atomic mass is 10.1. The largest absolute Gasteiger partial charge is 0.440 e. The summed E-state index contributed by atoms with van der Waals surface area (Å²) in [4.78, 5) is 14.3. The molecule has 1 unspecified atom stereocenters.